The second-order valence-electron chi connectivity index (χ2n) is 8.18. The summed E-state index contributed by atoms with van der Waals surface area (Å²) in [5, 5.41) is 14.8. The van der Waals surface area contributed by atoms with Crippen molar-refractivity contribution in [3.63, 3.8) is 0 Å². The molecule has 3 N–H and O–H groups in total. The number of carboxylic acid groups (broad SMARTS) is 1. The smallest absolute Gasteiger partial charge is 0.323 e. The van der Waals surface area contributed by atoms with Gasteiger partial charge < -0.3 is 15.2 Å². The molecule has 182 valence electrons. The number of nitrogens with one attached hydrogen (secondary N) is 2. The summed E-state index contributed by atoms with van der Waals surface area (Å²) in [4.78, 5) is 37.0. The maximum atomic E-state index is 13.1. The number of aliphatic carboxylic acids is 1. The summed E-state index contributed by atoms with van der Waals surface area (Å²) in [6.45, 7) is 0.129. The molecule has 2 atom stereocenters. The van der Waals surface area contributed by atoms with Crippen LogP contribution < -0.4 is 10.6 Å². The van der Waals surface area contributed by atoms with E-state index in [1.165, 1.54) is 0 Å². The Balaban J connectivity index is 1.77. The van der Waals surface area contributed by atoms with Crippen LogP contribution in [0.2, 0.25) is 0 Å². The van der Waals surface area contributed by atoms with Gasteiger partial charge in [0.2, 0.25) is 5.91 Å². The average Bonchev–Trinajstić information content (AvgIpc) is 2.88. The first kappa shape index (κ1) is 25.6. The van der Waals surface area contributed by atoms with Gasteiger partial charge in [0.1, 0.15) is 12.6 Å². The monoisotopic (exact) mass is 474 g/mol. The molecule has 0 fully saturated rings. The Kier molecular flexibility index (Phi) is 10.0. The maximum Gasteiger partial charge on any atom is 0.323 e. The molecule has 0 aliphatic heterocycles. The van der Waals surface area contributed by atoms with Crippen LogP contribution in [0.5, 0.6) is 0 Å². The van der Waals surface area contributed by atoms with Gasteiger partial charge in [0.25, 0.3) is 0 Å². The lowest BCUT2D eigenvalue weighted by Crippen LogP contribution is -2.53. The Morgan fingerprint density at radius 1 is 0.714 bits per heavy atom. The highest BCUT2D eigenvalue weighted by atomic mass is 16.5. The van der Waals surface area contributed by atoms with E-state index < -0.39 is 24.0 Å². The third kappa shape index (κ3) is 9.06. The predicted octanol–water partition coefficient (Wildman–Crippen LogP) is 3.13. The van der Waals surface area contributed by atoms with Crippen LogP contribution in [0.15, 0.2) is 91.0 Å². The zero-order chi connectivity index (χ0) is 24.9. The van der Waals surface area contributed by atoms with E-state index in [0.717, 1.165) is 16.7 Å². The molecule has 0 aromatic heterocycles. The minimum absolute atomic E-state index is 0.00292. The van der Waals surface area contributed by atoms with Crippen LogP contribution in [0.1, 0.15) is 23.1 Å². The van der Waals surface area contributed by atoms with E-state index in [1.807, 2.05) is 91.0 Å². The van der Waals surface area contributed by atoms with Crippen LogP contribution in [0.4, 0.5) is 0 Å². The van der Waals surface area contributed by atoms with Gasteiger partial charge in [-0.3, -0.25) is 19.7 Å². The zero-order valence-electron chi connectivity index (χ0n) is 19.4. The van der Waals surface area contributed by atoms with Gasteiger partial charge in [0.15, 0.2) is 0 Å². The Morgan fingerprint density at radius 2 is 1.20 bits per heavy atom. The van der Waals surface area contributed by atoms with Crippen LogP contribution in [-0.2, 0) is 38.6 Å². The third-order valence-corrected chi connectivity index (χ3v) is 5.43. The van der Waals surface area contributed by atoms with E-state index >= 15 is 0 Å². The molecule has 0 aliphatic rings. The van der Waals surface area contributed by atoms with E-state index in [0.29, 0.717) is 12.8 Å². The SMILES string of the molecule is O=C(O)CCNC(=O)[C@H](Cc1ccccc1)NC(Cc1ccccc1)C(=O)OCc1ccccc1. The normalized spacial score (nSPS) is 12.3. The molecule has 3 aromatic carbocycles. The number of carbonyl (C=O) groups excluding carboxylic acids is 2. The summed E-state index contributed by atoms with van der Waals surface area (Å²) in [5.74, 6) is -1.83. The van der Waals surface area contributed by atoms with Crippen molar-refractivity contribution >= 4 is 17.8 Å². The van der Waals surface area contributed by atoms with Gasteiger partial charge in [-0.15, -0.1) is 0 Å². The molecule has 3 aromatic rings. The van der Waals surface area contributed by atoms with E-state index in [-0.39, 0.29) is 25.5 Å². The first-order chi connectivity index (χ1) is 17.0. The lowest BCUT2D eigenvalue weighted by molar-refractivity contribution is -0.148. The first-order valence-electron chi connectivity index (χ1n) is 11.5. The number of amides is 1. The molecule has 1 unspecified atom stereocenters. The fraction of sp³-hybridized carbons (Fsp3) is 0.250. The first-order valence-corrected chi connectivity index (χ1v) is 11.5. The summed E-state index contributed by atoms with van der Waals surface area (Å²) in [5.41, 5.74) is 2.70. The predicted molar refractivity (Wildman–Crippen MR) is 133 cm³/mol. The van der Waals surface area contributed by atoms with Crippen LogP contribution >= 0.6 is 0 Å². The quantitative estimate of drug-likeness (QED) is 0.329. The summed E-state index contributed by atoms with van der Waals surface area (Å²) >= 11 is 0. The Morgan fingerprint density at radius 3 is 1.71 bits per heavy atom. The highest BCUT2D eigenvalue weighted by Gasteiger charge is 2.28. The van der Waals surface area contributed by atoms with Gasteiger partial charge in [0, 0.05) is 6.54 Å². The van der Waals surface area contributed by atoms with Crippen molar-refractivity contribution in [3.8, 4) is 0 Å². The van der Waals surface area contributed by atoms with Crippen molar-refractivity contribution in [1.29, 1.82) is 0 Å². The van der Waals surface area contributed by atoms with Gasteiger partial charge in [-0.05, 0) is 29.5 Å². The molecule has 0 heterocycles. The molecule has 0 bridgehead atoms. The fourth-order valence-corrected chi connectivity index (χ4v) is 3.63. The Bertz CT molecular complexity index is 1070. The summed E-state index contributed by atoms with van der Waals surface area (Å²) in [6, 6.07) is 26.8. The number of hydrogen-bond donors (Lipinski definition) is 3. The molecule has 35 heavy (non-hydrogen) atoms. The van der Waals surface area contributed by atoms with Crippen molar-refractivity contribution < 1.29 is 24.2 Å². The minimum Gasteiger partial charge on any atom is -0.481 e. The van der Waals surface area contributed by atoms with Crippen LogP contribution in [0.25, 0.3) is 0 Å². The van der Waals surface area contributed by atoms with Gasteiger partial charge in [-0.1, -0.05) is 91.0 Å². The zero-order valence-corrected chi connectivity index (χ0v) is 19.4. The van der Waals surface area contributed by atoms with Crippen molar-refractivity contribution in [2.24, 2.45) is 0 Å². The van der Waals surface area contributed by atoms with E-state index in [2.05, 4.69) is 10.6 Å². The van der Waals surface area contributed by atoms with E-state index in [4.69, 9.17) is 9.84 Å². The molecule has 0 saturated heterocycles. The number of carbonyl (C=O) groups is 3. The highest BCUT2D eigenvalue weighted by molar-refractivity contribution is 5.84. The molecule has 0 radical (unpaired) electrons. The fourth-order valence-electron chi connectivity index (χ4n) is 3.63. The largest absolute Gasteiger partial charge is 0.481 e. The van der Waals surface area contributed by atoms with Crippen molar-refractivity contribution in [2.45, 2.75) is 38.0 Å². The average molecular weight is 475 g/mol. The van der Waals surface area contributed by atoms with Crippen molar-refractivity contribution in [2.75, 3.05) is 6.54 Å². The highest BCUT2D eigenvalue weighted by Crippen LogP contribution is 2.11. The standard InChI is InChI=1S/C28H30N2O5/c31-26(32)16-17-29-27(33)24(18-21-10-4-1-5-11-21)30-25(19-22-12-6-2-7-13-22)28(34)35-20-23-14-8-3-9-15-23/h1-15,24-25,30H,16-20H2,(H,29,33)(H,31,32)/t24-,25?/m0/s1. The lowest BCUT2D eigenvalue weighted by Gasteiger charge is -2.25. The second kappa shape index (κ2) is 13.7. The van der Waals surface area contributed by atoms with E-state index in [1.54, 1.807) is 0 Å². The number of ether oxygens (including phenoxy) is 1. The van der Waals surface area contributed by atoms with Gasteiger partial charge >= 0.3 is 11.9 Å². The van der Waals surface area contributed by atoms with Crippen molar-refractivity contribution in [1.82, 2.24) is 10.6 Å². The van der Waals surface area contributed by atoms with Gasteiger partial charge in [0.05, 0.1) is 12.5 Å². The van der Waals surface area contributed by atoms with Crippen LogP contribution in [0, 0.1) is 0 Å². The number of esters is 1. The number of rotatable bonds is 13. The number of hydrogen-bond acceptors (Lipinski definition) is 5. The molecule has 7 heteroatoms. The van der Waals surface area contributed by atoms with E-state index in [9.17, 15) is 14.4 Å². The number of benzene rings is 3. The Labute approximate surface area is 205 Å². The topological polar surface area (TPSA) is 105 Å². The van der Waals surface area contributed by atoms with Crippen molar-refractivity contribution in [3.05, 3.63) is 108 Å². The summed E-state index contributed by atoms with van der Waals surface area (Å²) < 4.78 is 5.60. The second-order valence-corrected chi connectivity index (χ2v) is 8.18. The Hall–Kier alpha value is -3.97. The molecular weight excluding hydrogens is 444 g/mol. The molecule has 7 nitrogen and oxygen atoms in total. The molecule has 3 rings (SSSR count). The third-order valence-electron chi connectivity index (χ3n) is 5.43. The molecule has 0 spiro atoms. The maximum absolute atomic E-state index is 13.1. The number of carboxylic acids is 1. The van der Waals surface area contributed by atoms with Gasteiger partial charge in [-0.2, -0.15) is 0 Å². The molecule has 1 amide bonds. The molecule has 0 aliphatic carbocycles. The van der Waals surface area contributed by atoms with Crippen LogP contribution in [-0.4, -0.2) is 41.6 Å². The molecular formula is C28H30N2O5. The van der Waals surface area contributed by atoms with Crippen LogP contribution in [0.3, 0.4) is 0 Å². The summed E-state index contributed by atoms with van der Waals surface area (Å²) in [7, 11) is 0. The minimum atomic E-state index is -0.996. The lowest BCUT2D eigenvalue weighted by atomic mass is 10.0. The molecule has 0 saturated carbocycles. The van der Waals surface area contributed by atoms with Gasteiger partial charge in [-0.25, -0.2) is 0 Å². The summed E-state index contributed by atoms with van der Waals surface area (Å²) in [6.07, 6.45) is 0.482.